The van der Waals surface area contributed by atoms with Crippen molar-refractivity contribution in [3.8, 4) is 5.75 Å². The number of phenolic OH excluding ortho intramolecular Hbond substituents is 1. The molecular formula is C15H21FN2O3. The number of phenols is 1. The Hall–Kier alpha value is -1.66. The van der Waals surface area contributed by atoms with Crippen molar-refractivity contribution in [2.45, 2.75) is 6.42 Å². The zero-order valence-electron chi connectivity index (χ0n) is 12.1. The Morgan fingerprint density at radius 3 is 3.14 bits per heavy atom. The molecule has 1 fully saturated rings. The molecule has 1 aromatic rings. The molecular weight excluding hydrogens is 275 g/mol. The van der Waals surface area contributed by atoms with Crippen LogP contribution in [0.25, 0.3) is 0 Å². The standard InChI is InChI=1S/C15H21FN2O3/c1-21-7-6-18-5-4-11(10-18)9-17-15(20)13-8-12(16)2-3-14(13)19/h2-3,8,11,19H,4-7,9-10H2,1H3,(H,17,20)/t11-/m1/s1. The monoisotopic (exact) mass is 296 g/mol. The number of nitrogens with zero attached hydrogens (tertiary/aromatic N) is 1. The highest BCUT2D eigenvalue weighted by atomic mass is 19.1. The number of carbonyl (C=O) groups is 1. The molecule has 1 atom stereocenters. The smallest absolute Gasteiger partial charge is 0.255 e. The van der Waals surface area contributed by atoms with Gasteiger partial charge in [0.2, 0.25) is 0 Å². The predicted molar refractivity (Wildman–Crippen MR) is 76.8 cm³/mol. The highest BCUT2D eigenvalue weighted by Crippen LogP contribution is 2.19. The number of rotatable bonds is 6. The molecule has 1 aliphatic heterocycles. The number of hydrogen-bond acceptors (Lipinski definition) is 4. The van der Waals surface area contributed by atoms with Crippen LogP contribution in [0.3, 0.4) is 0 Å². The quantitative estimate of drug-likeness (QED) is 0.829. The predicted octanol–water partition coefficient (Wildman–Crippen LogP) is 1.23. The van der Waals surface area contributed by atoms with Crippen molar-refractivity contribution in [1.29, 1.82) is 0 Å². The number of benzene rings is 1. The van der Waals surface area contributed by atoms with Crippen LogP contribution in [0, 0.1) is 11.7 Å². The second-order valence-corrected chi connectivity index (χ2v) is 5.32. The number of nitrogens with one attached hydrogen (secondary N) is 1. The Bertz CT molecular complexity index is 496. The number of methoxy groups -OCH3 is 1. The highest BCUT2D eigenvalue weighted by molar-refractivity contribution is 5.96. The first-order chi connectivity index (χ1) is 10.1. The molecule has 116 valence electrons. The van der Waals surface area contributed by atoms with E-state index in [9.17, 15) is 14.3 Å². The van der Waals surface area contributed by atoms with Crippen LogP contribution in [0.5, 0.6) is 5.75 Å². The minimum atomic E-state index is -0.537. The van der Waals surface area contributed by atoms with Gasteiger partial charge in [0, 0.05) is 26.7 Å². The van der Waals surface area contributed by atoms with Gasteiger partial charge in [-0.05, 0) is 37.1 Å². The first-order valence-corrected chi connectivity index (χ1v) is 7.08. The molecule has 21 heavy (non-hydrogen) atoms. The molecule has 0 aromatic heterocycles. The van der Waals surface area contributed by atoms with Crippen LogP contribution in [-0.2, 0) is 4.74 Å². The molecule has 2 N–H and O–H groups in total. The summed E-state index contributed by atoms with van der Waals surface area (Å²) in [5.74, 6) is -0.810. The van der Waals surface area contributed by atoms with Gasteiger partial charge in [-0.15, -0.1) is 0 Å². The van der Waals surface area contributed by atoms with E-state index in [-0.39, 0.29) is 11.3 Å². The molecule has 0 spiro atoms. The summed E-state index contributed by atoms with van der Waals surface area (Å²) in [5.41, 5.74) is -0.0239. The lowest BCUT2D eigenvalue weighted by molar-refractivity contribution is 0.0943. The highest BCUT2D eigenvalue weighted by Gasteiger charge is 2.23. The summed E-state index contributed by atoms with van der Waals surface area (Å²) in [5, 5.41) is 12.3. The SMILES string of the molecule is COCCN1CC[C@H](CNC(=O)c2cc(F)ccc2O)C1. The van der Waals surface area contributed by atoms with Gasteiger partial charge in [0.05, 0.1) is 12.2 Å². The van der Waals surface area contributed by atoms with Crippen LogP contribution in [0.15, 0.2) is 18.2 Å². The first-order valence-electron chi connectivity index (χ1n) is 7.08. The maximum atomic E-state index is 13.1. The molecule has 6 heteroatoms. The number of aromatic hydroxyl groups is 1. The Kier molecular flexibility index (Phi) is 5.52. The minimum Gasteiger partial charge on any atom is -0.507 e. The summed E-state index contributed by atoms with van der Waals surface area (Å²) in [6.45, 7) is 4.04. The van der Waals surface area contributed by atoms with E-state index >= 15 is 0 Å². The molecule has 0 unspecified atom stereocenters. The van der Waals surface area contributed by atoms with Gasteiger partial charge in [0.15, 0.2) is 0 Å². The van der Waals surface area contributed by atoms with Crippen molar-refractivity contribution in [3.63, 3.8) is 0 Å². The normalized spacial score (nSPS) is 18.9. The fourth-order valence-corrected chi connectivity index (χ4v) is 2.53. The molecule has 1 amide bonds. The van der Waals surface area contributed by atoms with Gasteiger partial charge in [-0.25, -0.2) is 4.39 Å². The Balaban J connectivity index is 1.81. The van der Waals surface area contributed by atoms with Crippen LogP contribution in [0.2, 0.25) is 0 Å². The molecule has 1 aliphatic rings. The Labute approximate surface area is 123 Å². The Morgan fingerprint density at radius 2 is 2.38 bits per heavy atom. The average Bonchev–Trinajstić information content (AvgIpc) is 2.93. The van der Waals surface area contributed by atoms with E-state index in [1.807, 2.05) is 0 Å². The van der Waals surface area contributed by atoms with Crippen molar-refractivity contribution in [2.75, 3.05) is 39.9 Å². The van der Waals surface area contributed by atoms with Crippen molar-refractivity contribution in [3.05, 3.63) is 29.6 Å². The Morgan fingerprint density at radius 1 is 1.57 bits per heavy atom. The lowest BCUT2D eigenvalue weighted by atomic mass is 10.1. The van der Waals surface area contributed by atoms with Gasteiger partial charge in [-0.1, -0.05) is 0 Å². The third-order valence-corrected chi connectivity index (χ3v) is 3.74. The molecule has 5 nitrogen and oxygen atoms in total. The summed E-state index contributed by atoms with van der Waals surface area (Å²) in [4.78, 5) is 14.2. The fraction of sp³-hybridized carbons (Fsp3) is 0.533. The number of halogens is 1. The maximum absolute atomic E-state index is 13.1. The van der Waals surface area contributed by atoms with Gasteiger partial charge in [0.25, 0.3) is 5.91 Å². The zero-order valence-corrected chi connectivity index (χ0v) is 12.1. The van der Waals surface area contributed by atoms with Crippen molar-refractivity contribution >= 4 is 5.91 Å². The minimum absolute atomic E-state index is 0.0239. The second kappa shape index (κ2) is 7.38. The number of carbonyl (C=O) groups excluding carboxylic acids is 1. The number of likely N-dealkylation sites (tertiary alicyclic amines) is 1. The lowest BCUT2D eigenvalue weighted by Gasteiger charge is -2.15. The van der Waals surface area contributed by atoms with Crippen molar-refractivity contribution in [2.24, 2.45) is 5.92 Å². The van der Waals surface area contributed by atoms with Crippen molar-refractivity contribution in [1.82, 2.24) is 10.2 Å². The number of hydrogen-bond donors (Lipinski definition) is 2. The van der Waals surface area contributed by atoms with Crippen molar-refractivity contribution < 1.29 is 19.0 Å². The van der Waals surface area contributed by atoms with Crippen LogP contribution >= 0.6 is 0 Å². The second-order valence-electron chi connectivity index (χ2n) is 5.32. The van der Waals surface area contributed by atoms with Gasteiger partial charge in [-0.2, -0.15) is 0 Å². The molecule has 0 radical (unpaired) electrons. The maximum Gasteiger partial charge on any atom is 0.255 e. The van der Waals surface area contributed by atoms with Gasteiger partial charge in [0.1, 0.15) is 11.6 Å². The molecule has 0 saturated carbocycles. The largest absolute Gasteiger partial charge is 0.507 e. The summed E-state index contributed by atoms with van der Waals surface area (Å²) < 4.78 is 18.2. The summed E-state index contributed by atoms with van der Waals surface area (Å²) in [6.07, 6.45) is 1.01. The van der Waals surface area contributed by atoms with E-state index in [1.165, 1.54) is 6.07 Å². The van der Waals surface area contributed by atoms with E-state index < -0.39 is 11.7 Å². The van der Waals surface area contributed by atoms with E-state index in [4.69, 9.17) is 4.74 Å². The number of ether oxygens (including phenoxy) is 1. The van der Waals surface area contributed by atoms with Crippen LogP contribution in [0.4, 0.5) is 4.39 Å². The van der Waals surface area contributed by atoms with Crippen LogP contribution in [0.1, 0.15) is 16.8 Å². The third-order valence-electron chi connectivity index (χ3n) is 3.74. The molecule has 0 aliphatic carbocycles. The molecule has 1 aromatic carbocycles. The lowest BCUT2D eigenvalue weighted by Crippen LogP contribution is -2.31. The van der Waals surface area contributed by atoms with E-state index in [0.29, 0.717) is 19.1 Å². The van der Waals surface area contributed by atoms with Crippen LogP contribution in [-0.4, -0.2) is 55.8 Å². The summed E-state index contributed by atoms with van der Waals surface area (Å²) in [7, 11) is 1.68. The zero-order chi connectivity index (χ0) is 15.2. The molecule has 1 heterocycles. The molecule has 2 rings (SSSR count). The van der Waals surface area contributed by atoms with Gasteiger partial charge < -0.3 is 20.1 Å². The first kappa shape index (κ1) is 15.7. The van der Waals surface area contributed by atoms with Crippen LogP contribution < -0.4 is 5.32 Å². The average molecular weight is 296 g/mol. The van der Waals surface area contributed by atoms with Gasteiger partial charge in [-0.3, -0.25) is 4.79 Å². The van der Waals surface area contributed by atoms with Gasteiger partial charge >= 0.3 is 0 Å². The fourth-order valence-electron chi connectivity index (χ4n) is 2.53. The molecule has 0 bridgehead atoms. The number of amides is 1. The third kappa shape index (κ3) is 4.41. The molecule has 1 saturated heterocycles. The van der Waals surface area contributed by atoms with E-state index in [0.717, 1.165) is 38.2 Å². The summed E-state index contributed by atoms with van der Waals surface area (Å²) in [6, 6.07) is 3.35. The van der Waals surface area contributed by atoms with E-state index in [2.05, 4.69) is 10.2 Å². The van der Waals surface area contributed by atoms with E-state index in [1.54, 1.807) is 7.11 Å². The topological polar surface area (TPSA) is 61.8 Å². The summed E-state index contributed by atoms with van der Waals surface area (Å²) >= 11 is 0.